The Balaban J connectivity index is 2.74. The zero-order valence-corrected chi connectivity index (χ0v) is 13.8. The van der Waals surface area contributed by atoms with Crippen LogP contribution < -0.4 is 5.32 Å². The summed E-state index contributed by atoms with van der Waals surface area (Å²) < 4.78 is 6.31. The number of nitrogens with one attached hydrogen (secondary N) is 1. The normalized spacial score (nSPS) is 21.9. The summed E-state index contributed by atoms with van der Waals surface area (Å²) in [6, 6.07) is 0.504. The molecule has 0 saturated heterocycles. The minimum Gasteiger partial charge on any atom is -0.374 e. The molecule has 114 valence electrons. The van der Waals surface area contributed by atoms with E-state index in [0.29, 0.717) is 11.5 Å². The highest BCUT2D eigenvalue weighted by Gasteiger charge is 2.39. The molecule has 1 atom stereocenters. The Labute approximate surface area is 120 Å². The lowest BCUT2D eigenvalue weighted by Gasteiger charge is -2.41. The molecule has 1 fully saturated rings. The van der Waals surface area contributed by atoms with Gasteiger partial charge in [0.2, 0.25) is 0 Å². The van der Waals surface area contributed by atoms with Crippen molar-refractivity contribution in [3.8, 4) is 0 Å². The summed E-state index contributed by atoms with van der Waals surface area (Å²) in [5.74, 6) is 0. The molecule has 1 saturated carbocycles. The predicted molar refractivity (Wildman–Crippen MR) is 83.6 cm³/mol. The highest BCUT2D eigenvalue weighted by molar-refractivity contribution is 4.94. The van der Waals surface area contributed by atoms with Gasteiger partial charge in [0, 0.05) is 12.6 Å². The second-order valence-corrected chi connectivity index (χ2v) is 7.35. The Hall–Kier alpha value is -0.0800. The zero-order chi connectivity index (χ0) is 14.4. The van der Waals surface area contributed by atoms with Crippen molar-refractivity contribution >= 4 is 0 Å². The van der Waals surface area contributed by atoms with Gasteiger partial charge in [-0.3, -0.25) is 0 Å². The third kappa shape index (κ3) is 5.43. The molecule has 0 aromatic carbocycles. The first-order chi connectivity index (χ1) is 8.93. The maximum absolute atomic E-state index is 6.31. The van der Waals surface area contributed by atoms with E-state index in [-0.39, 0.29) is 5.60 Å². The molecule has 0 heterocycles. The van der Waals surface area contributed by atoms with E-state index in [4.69, 9.17) is 4.74 Å². The Morgan fingerprint density at radius 3 is 2.11 bits per heavy atom. The van der Waals surface area contributed by atoms with Crippen LogP contribution in [0.25, 0.3) is 0 Å². The van der Waals surface area contributed by atoms with E-state index in [0.717, 1.165) is 6.61 Å². The SMILES string of the molecule is CCOC1(C(CCC(C)(C)C)NC)CCCCCC1. The topological polar surface area (TPSA) is 21.3 Å². The molecule has 2 nitrogen and oxygen atoms in total. The van der Waals surface area contributed by atoms with Gasteiger partial charge in [0.05, 0.1) is 5.60 Å². The first-order valence-corrected chi connectivity index (χ1v) is 8.25. The lowest BCUT2D eigenvalue weighted by atomic mass is 9.80. The average Bonchev–Trinajstić information content (AvgIpc) is 2.55. The smallest absolute Gasteiger partial charge is 0.0834 e. The van der Waals surface area contributed by atoms with Gasteiger partial charge in [-0.1, -0.05) is 46.5 Å². The summed E-state index contributed by atoms with van der Waals surface area (Å²) in [6.45, 7) is 9.98. The second-order valence-electron chi connectivity index (χ2n) is 7.35. The number of hydrogen-bond acceptors (Lipinski definition) is 2. The minimum absolute atomic E-state index is 0.0885. The van der Waals surface area contributed by atoms with Crippen molar-refractivity contribution in [2.75, 3.05) is 13.7 Å². The van der Waals surface area contributed by atoms with E-state index < -0.39 is 0 Å². The van der Waals surface area contributed by atoms with Crippen LogP contribution in [-0.4, -0.2) is 25.3 Å². The second kappa shape index (κ2) is 7.64. The summed E-state index contributed by atoms with van der Waals surface area (Å²) >= 11 is 0. The molecule has 1 unspecified atom stereocenters. The Kier molecular flexibility index (Phi) is 6.82. The molecular weight excluding hydrogens is 234 g/mol. The van der Waals surface area contributed by atoms with Gasteiger partial charge < -0.3 is 10.1 Å². The van der Waals surface area contributed by atoms with Gasteiger partial charge in [-0.25, -0.2) is 0 Å². The number of rotatable bonds is 6. The van der Waals surface area contributed by atoms with E-state index in [1.165, 1.54) is 51.4 Å². The molecule has 0 aliphatic heterocycles. The van der Waals surface area contributed by atoms with Gasteiger partial charge in [-0.2, -0.15) is 0 Å². The molecule has 0 amide bonds. The largest absolute Gasteiger partial charge is 0.374 e. The summed E-state index contributed by atoms with van der Waals surface area (Å²) in [5, 5.41) is 3.57. The van der Waals surface area contributed by atoms with E-state index >= 15 is 0 Å². The molecule has 0 aromatic heterocycles. The van der Waals surface area contributed by atoms with Crippen molar-refractivity contribution in [3.05, 3.63) is 0 Å². The maximum Gasteiger partial charge on any atom is 0.0834 e. The Bertz CT molecular complexity index is 236. The van der Waals surface area contributed by atoms with E-state index in [1.807, 2.05) is 0 Å². The Morgan fingerprint density at radius 1 is 1.11 bits per heavy atom. The zero-order valence-electron chi connectivity index (χ0n) is 13.8. The van der Waals surface area contributed by atoms with Gasteiger partial charge in [-0.05, 0) is 45.1 Å². The quantitative estimate of drug-likeness (QED) is 0.715. The van der Waals surface area contributed by atoms with Crippen LogP contribution in [0.4, 0.5) is 0 Å². The fourth-order valence-corrected chi connectivity index (χ4v) is 3.46. The fraction of sp³-hybridized carbons (Fsp3) is 1.00. The van der Waals surface area contributed by atoms with E-state index in [1.54, 1.807) is 0 Å². The van der Waals surface area contributed by atoms with Gasteiger partial charge in [0.25, 0.3) is 0 Å². The lowest BCUT2D eigenvalue weighted by molar-refractivity contribution is -0.0786. The van der Waals surface area contributed by atoms with Gasteiger partial charge in [-0.15, -0.1) is 0 Å². The third-order valence-corrected chi connectivity index (χ3v) is 4.55. The van der Waals surface area contributed by atoms with Crippen LogP contribution >= 0.6 is 0 Å². The van der Waals surface area contributed by atoms with Crippen molar-refractivity contribution < 1.29 is 4.74 Å². The average molecular weight is 269 g/mol. The molecule has 0 aromatic rings. The molecule has 1 aliphatic carbocycles. The van der Waals surface area contributed by atoms with Crippen LogP contribution in [0.1, 0.15) is 79.1 Å². The van der Waals surface area contributed by atoms with Crippen molar-refractivity contribution in [2.45, 2.75) is 90.7 Å². The van der Waals surface area contributed by atoms with Crippen LogP contribution in [0.5, 0.6) is 0 Å². The van der Waals surface area contributed by atoms with E-state index in [9.17, 15) is 0 Å². The van der Waals surface area contributed by atoms with Gasteiger partial charge >= 0.3 is 0 Å². The number of hydrogen-bond donors (Lipinski definition) is 1. The number of ether oxygens (including phenoxy) is 1. The summed E-state index contributed by atoms with van der Waals surface area (Å²) in [7, 11) is 2.11. The van der Waals surface area contributed by atoms with Gasteiger partial charge in [0.15, 0.2) is 0 Å². The van der Waals surface area contributed by atoms with Crippen LogP contribution in [0.2, 0.25) is 0 Å². The molecule has 0 spiro atoms. The third-order valence-electron chi connectivity index (χ3n) is 4.55. The van der Waals surface area contributed by atoms with Crippen molar-refractivity contribution in [3.63, 3.8) is 0 Å². The van der Waals surface area contributed by atoms with Crippen LogP contribution in [0, 0.1) is 5.41 Å². The summed E-state index contributed by atoms with van der Waals surface area (Å²) in [5.41, 5.74) is 0.498. The van der Waals surface area contributed by atoms with Crippen molar-refractivity contribution in [1.82, 2.24) is 5.32 Å². The summed E-state index contributed by atoms with van der Waals surface area (Å²) in [6.07, 6.45) is 10.4. The molecule has 1 aliphatic rings. The monoisotopic (exact) mass is 269 g/mol. The lowest BCUT2D eigenvalue weighted by Crippen LogP contribution is -2.51. The molecule has 0 bridgehead atoms. The molecule has 1 N–H and O–H groups in total. The summed E-state index contributed by atoms with van der Waals surface area (Å²) in [4.78, 5) is 0. The molecular formula is C17H35NO. The molecule has 2 heteroatoms. The standard InChI is InChI=1S/C17H35NO/c1-6-19-17(12-9-7-8-10-13-17)15(18-5)11-14-16(2,3)4/h15,18H,6-14H2,1-5H3. The predicted octanol–water partition coefficient (Wildman–Crippen LogP) is 4.53. The molecule has 1 rings (SSSR count). The van der Waals surface area contributed by atoms with Crippen LogP contribution in [0.15, 0.2) is 0 Å². The van der Waals surface area contributed by atoms with Gasteiger partial charge in [0.1, 0.15) is 0 Å². The number of likely N-dealkylation sites (N-methyl/N-ethyl adjacent to an activating group) is 1. The highest BCUT2D eigenvalue weighted by atomic mass is 16.5. The molecule has 0 radical (unpaired) electrons. The van der Waals surface area contributed by atoms with Crippen molar-refractivity contribution in [2.24, 2.45) is 5.41 Å². The highest BCUT2D eigenvalue weighted by Crippen LogP contribution is 2.36. The fourth-order valence-electron chi connectivity index (χ4n) is 3.46. The van der Waals surface area contributed by atoms with Crippen molar-refractivity contribution in [1.29, 1.82) is 0 Å². The van der Waals surface area contributed by atoms with Crippen LogP contribution in [0.3, 0.4) is 0 Å². The molecule has 19 heavy (non-hydrogen) atoms. The first-order valence-electron chi connectivity index (χ1n) is 8.25. The Morgan fingerprint density at radius 2 is 1.68 bits per heavy atom. The first kappa shape index (κ1) is 17.0. The minimum atomic E-state index is 0.0885. The maximum atomic E-state index is 6.31. The van der Waals surface area contributed by atoms with E-state index in [2.05, 4.69) is 40.1 Å². The van der Waals surface area contributed by atoms with Crippen LogP contribution in [-0.2, 0) is 4.74 Å².